The second-order valence-electron chi connectivity index (χ2n) is 2.22. The summed E-state index contributed by atoms with van der Waals surface area (Å²) in [6, 6.07) is 0. The van der Waals surface area contributed by atoms with Crippen LogP contribution in [0, 0.1) is 12.8 Å². The molecule has 63 valence electrons. The molecule has 0 aromatic rings. The Bertz CT molecular complexity index is 128. The first-order chi connectivity index (χ1) is 5.34. The third-order valence-corrected chi connectivity index (χ3v) is 1.38. The second kappa shape index (κ2) is 4.31. The van der Waals surface area contributed by atoms with E-state index in [0.29, 0.717) is 13.2 Å². The monoisotopic (exact) mass is 159 g/mol. The van der Waals surface area contributed by atoms with Crippen molar-refractivity contribution in [3.8, 4) is 0 Å². The Morgan fingerprint density at radius 2 is 2.18 bits per heavy atom. The molecule has 0 spiro atoms. The Morgan fingerprint density at radius 1 is 1.55 bits per heavy atom. The van der Waals surface area contributed by atoms with Gasteiger partial charge in [-0.05, 0) is 6.92 Å². The minimum atomic E-state index is -0.292. The van der Waals surface area contributed by atoms with E-state index in [0.717, 1.165) is 0 Å². The first kappa shape index (κ1) is 8.49. The maximum Gasteiger partial charge on any atom is 0.313 e. The normalized spacial score (nSPS) is 19.7. The first-order valence-corrected chi connectivity index (χ1v) is 3.46. The quantitative estimate of drug-likeness (QED) is 0.531. The Kier molecular flexibility index (Phi) is 3.32. The smallest absolute Gasteiger partial charge is 0.313 e. The molecule has 0 aromatic heterocycles. The zero-order chi connectivity index (χ0) is 8.10. The number of esters is 1. The molecule has 1 radical (unpaired) electrons. The fraction of sp³-hybridized carbons (Fsp3) is 0.714. The van der Waals surface area contributed by atoms with Gasteiger partial charge in [0.05, 0.1) is 19.8 Å². The lowest BCUT2D eigenvalue weighted by molar-refractivity contribution is -0.170. The molecule has 1 heterocycles. The maximum absolute atomic E-state index is 11.0. The molecule has 0 saturated carbocycles. The van der Waals surface area contributed by atoms with Crippen molar-refractivity contribution in [2.75, 3.05) is 26.6 Å². The highest BCUT2D eigenvalue weighted by atomic mass is 16.7. The summed E-state index contributed by atoms with van der Waals surface area (Å²) in [5, 5.41) is 0. The van der Waals surface area contributed by atoms with Gasteiger partial charge >= 0.3 is 5.97 Å². The summed E-state index contributed by atoms with van der Waals surface area (Å²) in [5.74, 6) is -0.565. The van der Waals surface area contributed by atoms with Crippen LogP contribution in [-0.4, -0.2) is 32.6 Å². The highest BCUT2D eigenvalue weighted by Gasteiger charge is 2.23. The van der Waals surface area contributed by atoms with Gasteiger partial charge in [0.25, 0.3) is 0 Å². The molecule has 0 aromatic carbocycles. The van der Waals surface area contributed by atoms with Gasteiger partial charge in [0, 0.05) is 0 Å². The number of carbonyl (C=O) groups is 1. The van der Waals surface area contributed by atoms with Crippen LogP contribution in [0.5, 0.6) is 0 Å². The fourth-order valence-corrected chi connectivity index (χ4v) is 0.842. The summed E-state index contributed by atoms with van der Waals surface area (Å²) >= 11 is 0. The van der Waals surface area contributed by atoms with E-state index in [1.165, 1.54) is 0 Å². The summed E-state index contributed by atoms with van der Waals surface area (Å²) in [5.41, 5.74) is 0. The minimum Gasteiger partial charge on any atom is -0.465 e. The lowest BCUT2D eigenvalue weighted by atomic mass is 10.2. The van der Waals surface area contributed by atoms with E-state index in [4.69, 9.17) is 9.47 Å². The molecular weight excluding hydrogens is 148 g/mol. The van der Waals surface area contributed by atoms with Crippen LogP contribution < -0.4 is 0 Å². The highest BCUT2D eigenvalue weighted by Crippen LogP contribution is 2.06. The number of ether oxygens (including phenoxy) is 3. The topological polar surface area (TPSA) is 44.8 Å². The molecule has 0 aliphatic carbocycles. The Balaban J connectivity index is 2.27. The molecule has 0 N–H and O–H groups in total. The third kappa shape index (κ3) is 2.48. The predicted molar refractivity (Wildman–Crippen MR) is 36.6 cm³/mol. The standard InChI is InChI=1S/C7H11O4/c1-2-11-7(8)6-3-9-5-10-4-6/h6H,1-5H2. The maximum atomic E-state index is 11.0. The summed E-state index contributed by atoms with van der Waals surface area (Å²) in [7, 11) is 0. The molecule has 0 unspecified atom stereocenters. The van der Waals surface area contributed by atoms with Crippen molar-refractivity contribution in [2.24, 2.45) is 5.92 Å². The van der Waals surface area contributed by atoms with Gasteiger partial charge in [-0.15, -0.1) is 0 Å². The van der Waals surface area contributed by atoms with Crippen molar-refractivity contribution in [1.82, 2.24) is 0 Å². The predicted octanol–water partition coefficient (Wildman–Crippen LogP) is -0.0158. The molecule has 11 heavy (non-hydrogen) atoms. The minimum absolute atomic E-state index is 0.162. The van der Waals surface area contributed by atoms with Gasteiger partial charge in [-0.2, -0.15) is 0 Å². The van der Waals surface area contributed by atoms with E-state index in [1.54, 1.807) is 0 Å². The lowest BCUT2D eigenvalue weighted by Crippen LogP contribution is -2.32. The first-order valence-electron chi connectivity index (χ1n) is 3.46. The van der Waals surface area contributed by atoms with Crippen LogP contribution in [0.2, 0.25) is 0 Å². The molecule has 0 atom stereocenters. The number of carbonyl (C=O) groups excluding carboxylic acids is 1. The van der Waals surface area contributed by atoms with E-state index in [-0.39, 0.29) is 25.3 Å². The van der Waals surface area contributed by atoms with Crippen LogP contribution in [0.1, 0.15) is 0 Å². The van der Waals surface area contributed by atoms with Crippen molar-refractivity contribution < 1.29 is 19.0 Å². The van der Waals surface area contributed by atoms with Crippen LogP contribution in [-0.2, 0) is 19.0 Å². The van der Waals surface area contributed by atoms with Gasteiger partial charge in [0.1, 0.15) is 12.7 Å². The SMILES string of the molecule is [CH2]COC(=O)C1COCOC1. The lowest BCUT2D eigenvalue weighted by Gasteiger charge is -2.20. The van der Waals surface area contributed by atoms with Crippen LogP contribution >= 0.6 is 0 Å². The molecule has 1 aliphatic rings. The van der Waals surface area contributed by atoms with Crippen molar-refractivity contribution >= 4 is 5.97 Å². The molecule has 4 nitrogen and oxygen atoms in total. The Hall–Kier alpha value is -0.610. The summed E-state index contributed by atoms with van der Waals surface area (Å²) in [6.07, 6.45) is 0. The number of rotatable bonds is 2. The molecule has 1 fully saturated rings. The van der Waals surface area contributed by atoms with E-state index in [1.807, 2.05) is 0 Å². The molecule has 1 saturated heterocycles. The van der Waals surface area contributed by atoms with Crippen molar-refractivity contribution in [3.05, 3.63) is 6.92 Å². The molecule has 0 bridgehead atoms. The number of hydrogen-bond donors (Lipinski definition) is 0. The fourth-order valence-electron chi connectivity index (χ4n) is 0.842. The van der Waals surface area contributed by atoms with Gasteiger partial charge < -0.3 is 14.2 Å². The molecular formula is C7H11O4. The summed E-state index contributed by atoms with van der Waals surface area (Å²) in [4.78, 5) is 11.0. The summed E-state index contributed by atoms with van der Waals surface area (Å²) < 4.78 is 14.5. The molecule has 1 rings (SSSR count). The van der Waals surface area contributed by atoms with E-state index in [9.17, 15) is 4.79 Å². The average molecular weight is 159 g/mol. The zero-order valence-corrected chi connectivity index (χ0v) is 6.25. The van der Waals surface area contributed by atoms with E-state index >= 15 is 0 Å². The molecule has 0 amide bonds. The Labute approximate surface area is 65.4 Å². The average Bonchev–Trinajstić information content (AvgIpc) is 2.07. The van der Waals surface area contributed by atoms with Gasteiger partial charge in [-0.25, -0.2) is 0 Å². The zero-order valence-electron chi connectivity index (χ0n) is 6.25. The van der Waals surface area contributed by atoms with Crippen molar-refractivity contribution in [1.29, 1.82) is 0 Å². The largest absolute Gasteiger partial charge is 0.465 e. The van der Waals surface area contributed by atoms with Gasteiger partial charge in [0.2, 0.25) is 0 Å². The van der Waals surface area contributed by atoms with Crippen LogP contribution in [0.15, 0.2) is 0 Å². The second-order valence-corrected chi connectivity index (χ2v) is 2.22. The van der Waals surface area contributed by atoms with E-state index in [2.05, 4.69) is 11.7 Å². The van der Waals surface area contributed by atoms with Gasteiger partial charge in [-0.3, -0.25) is 4.79 Å². The van der Waals surface area contributed by atoms with Crippen LogP contribution in [0.3, 0.4) is 0 Å². The number of hydrogen-bond acceptors (Lipinski definition) is 4. The van der Waals surface area contributed by atoms with Crippen LogP contribution in [0.4, 0.5) is 0 Å². The van der Waals surface area contributed by atoms with Crippen molar-refractivity contribution in [2.45, 2.75) is 0 Å². The highest BCUT2D eigenvalue weighted by molar-refractivity contribution is 5.72. The van der Waals surface area contributed by atoms with Crippen molar-refractivity contribution in [3.63, 3.8) is 0 Å². The molecule has 4 heteroatoms. The van der Waals surface area contributed by atoms with E-state index < -0.39 is 0 Å². The van der Waals surface area contributed by atoms with Crippen LogP contribution in [0.25, 0.3) is 0 Å². The molecule has 1 aliphatic heterocycles. The third-order valence-electron chi connectivity index (χ3n) is 1.38. The Morgan fingerprint density at radius 3 is 2.73 bits per heavy atom. The van der Waals surface area contributed by atoms with Gasteiger partial charge in [0.15, 0.2) is 0 Å². The summed E-state index contributed by atoms with van der Waals surface area (Å²) in [6.45, 7) is 4.61. The van der Waals surface area contributed by atoms with Gasteiger partial charge in [-0.1, -0.05) is 0 Å².